The van der Waals surface area contributed by atoms with Crippen molar-refractivity contribution in [2.45, 2.75) is 0 Å². The SMILES string of the molecule is Fc1cccc(F)c1.[H-].[Li+]. The van der Waals surface area contributed by atoms with E-state index < -0.39 is 11.6 Å². The van der Waals surface area contributed by atoms with Crippen LogP contribution in [0.15, 0.2) is 24.3 Å². The fraction of sp³-hybridized carbons (Fsp3) is 0. The quantitative estimate of drug-likeness (QED) is 0.390. The zero-order valence-corrected chi connectivity index (χ0v) is 5.07. The largest absolute Gasteiger partial charge is 1.00 e. The third-order valence-electron chi connectivity index (χ3n) is 0.787. The average Bonchev–Trinajstić information content (AvgIpc) is 1.64. The summed E-state index contributed by atoms with van der Waals surface area (Å²) in [4.78, 5) is 0. The minimum atomic E-state index is -0.537. The Morgan fingerprint density at radius 3 is 1.78 bits per heavy atom. The second-order valence-corrected chi connectivity index (χ2v) is 1.44. The third-order valence-corrected chi connectivity index (χ3v) is 0.787. The molecule has 0 amide bonds. The molecule has 0 N–H and O–H groups in total. The summed E-state index contributed by atoms with van der Waals surface area (Å²) >= 11 is 0. The van der Waals surface area contributed by atoms with Gasteiger partial charge in [0.2, 0.25) is 0 Å². The molecule has 0 bridgehead atoms. The summed E-state index contributed by atoms with van der Waals surface area (Å²) in [6, 6.07) is 4.55. The van der Waals surface area contributed by atoms with Gasteiger partial charge >= 0.3 is 18.9 Å². The maximum Gasteiger partial charge on any atom is 1.00 e. The molecule has 0 aromatic heterocycles. The first-order valence-corrected chi connectivity index (χ1v) is 2.20. The molecule has 0 nitrogen and oxygen atoms in total. The van der Waals surface area contributed by atoms with Gasteiger partial charge in [0, 0.05) is 6.07 Å². The molecule has 0 spiro atoms. The van der Waals surface area contributed by atoms with Crippen molar-refractivity contribution in [1.82, 2.24) is 0 Å². The molecule has 0 heterocycles. The van der Waals surface area contributed by atoms with Crippen LogP contribution in [0.2, 0.25) is 0 Å². The molecule has 0 saturated carbocycles. The number of rotatable bonds is 0. The molecule has 0 aliphatic heterocycles. The minimum Gasteiger partial charge on any atom is -1.00 e. The van der Waals surface area contributed by atoms with Gasteiger partial charge in [0.15, 0.2) is 0 Å². The van der Waals surface area contributed by atoms with E-state index in [2.05, 4.69) is 0 Å². The fourth-order valence-corrected chi connectivity index (χ4v) is 0.460. The van der Waals surface area contributed by atoms with Crippen molar-refractivity contribution >= 4 is 0 Å². The zero-order valence-electron chi connectivity index (χ0n) is 6.07. The van der Waals surface area contributed by atoms with E-state index in [0.717, 1.165) is 6.07 Å². The Balaban J connectivity index is 0. The Hall–Kier alpha value is -0.323. The van der Waals surface area contributed by atoms with Crippen molar-refractivity contribution in [3.63, 3.8) is 0 Å². The van der Waals surface area contributed by atoms with Gasteiger partial charge in [-0.1, -0.05) is 6.07 Å². The van der Waals surface area contributed by atoms with Gasteiger partial charge in [-0.05, 0) is 12.1 Å². The van der Waals surface area contributed by atoms with Gasteiger partial charge in [-0.3, -0.25) is 0 Å². The predicted octanol–water partition coefficient (Wildman–Crippen LogP) is -0.919. The topological polar surface area (TPSA) is 0 Å². The molecule has 1 rings (SSSR count). The molecule has 3 heteroatoms. The van der Waals surface area contributed by atoms with E-state index in [1.165, 1.54) is 18.2 Å². The molecule has 1 aromatic carbocycles. The molecule has 1 aromatic rings. The Bertz CT molecular complexity index is 176. The smallest absolute Gasteiger partial charge is 1.00 e. The molecule has 0 atom stereocenters. The van der Waals surface area contributed by atoms with Gasteiger partial charge in [-0.25, -0.2) is 8.78 Å². The summed E-state index contributed by atoms with van der Waals surface area (Å²) in [6.07, 6.45) is 0. The molecule has 9 heavy (non-hydrogen) atoms. The molecule has 0 unspecified atom stereocenters. The van der Waals surface area contributed by atoms with E-state index >= 15 is 0 Å². The monoisotopic (exact) mass is 122 g/mol. The maximum atomic E-state index is 11.9. The predicted molar refractivity (Wildman–Crippen MR) is 27.5 cm³/mol. The molecular formula is C6H5F2Li. The van der Waals surface area contributed by atoms with Crippen LogP contribution in [0.3, 0.4) is 0 Å². The molecule has 44 valence electrons. The van der Waals surface area contributed by atoms with Gasteiger partial charge in [0.25, 0.3) is 0 Å². The van der Waals surface area contributed by atoms with Crippen LogP contribution < -0.4 is 18.9 Å². The van der Waals surface area contributed by atoms with Crippen LogP contribution in [0.5, 0.6) is 0 Å². The second kappa shape index (κ2) is 3.66. The summed E-state index contributed by atoms with van der Waals surface area (Å²) in [6.45, 7) is 0. The van der Waals surface area contributed by atoms with Crippen LogP contribution in [-0.2, 0) is 0 Å². The van der Waals surface area contributed by atoms with E-state index in [9.17, 15) is 8.78 Å². The summed E-state index contributed by atoms with van der Waals surface area (Å²) in [5.74, 6) is -1.07. The Morgan fingerprint density at radius 1 is 1.11 bits per heavy atom. The Kier molecular flexibility index (Phi) is 3.52. The maximum absolute atomic E-state index is 11.9. The van der Waals surface area contributed by atoms with Gasteiger partial charge < -0.3 is 1.43 Å². The van der Waals surface area contributed by atoms with Gasteiger partial charge in [-0.15, -0.1) is 0 Å². The van der Waals surface area contributed by atoms with Crippen molar-refractivity contribution in [1.29, 1.82) is 0 Å². The molecule has 0 aliphatic rings. The second-order valence-electron chi connectivity index (χ2n) is 1.44. The first-order valence-electron chi connectivity index (χ1n) is 2.20. The Labute approximate surface area is 65.5 Å². The van der Waals surface area contributed by atoms with Crippen molar-refractivity contribution in [2.75, 3.05) is 0 Å². The van der Waals surface area contributed by atoms with Crippen molar-refractivity contribution in [2.24, 2.45) is 0 Å². The van der Waals surface area contributed by atoms with Crippen LogP contribution in [0.4, 0.5) is 8.78 Å². The van der Waals surface area contributed by atoms with Gasteiger partial charge in [-0.2, -0.15) is 0 Å². The van der Waals surface area contributed by atoms with E-state index in [0.29, 0.717) is 0 Å². The fourth-order valence-electron chi connectivity index (χ4n) is 0.460. The molecule has 0 aliphatic carbocycles. The summed E-state index contributed by atoms with van der Waals surface area (Å²) in [7, 11) is 0. The first-order chi connectivity index (χ1) is 3.79. The summed E-state index contributed by atoms with van der Waals surface area (Å²) in [5, 5.41) is 0. The number of hydrogen-bond acceptors (Lipinski definition) is 0. The van der Waals surface area contributed by atoms with Crippen LogP contribution in [0.1, 0.15) is 1.43 Å². The average molecular weight is 122 g/mol. The van der Waals surface area contributed by atoms with E-state index in [1.54, 1.807) is 0 Å². The third kappa shape index (κ3) is 2.64. The van der Waals surface area contributed by atoms with Crippen LogP contribution >= 0.6 is 0 Å². The number of benzene rings is 1. The standard InChI is InChI=1S/C6H4F2.Li.H/c7-5-2-1-3-6(8)4-5;;/h1-4H;;/q;+1;-1. The molecular weight excluding hydrogens is 117 g/mol. The summed E-state index contributed by atoms with van der Waals surface area (Å²) < 4.78 is 23.9. The van der Waals surface area contributed by atoms with Crippen molar-refractivity contribution in [3.8, 4) is 0 Å². The normalized spacial score (nSPS) is 8.22. The van der Waals surface area contributed by atoms with Crippen LogP contribution in [-0.4, -0.2) is 0 Å². The molecule has 0 radical (unpaired) electrons. The summed E-state index contributed by atoms with van der Waals surface area (Å²) in [5.41, 5.74) is 0. The van der Waals surface area contributed by atoms with Gasteiger partial charge in [0.1, 0.15) is 11.6 Å². The van der Waals surface area contributed by atoms with Crippen LogP contribution in [0, 0.1) is 11.6 Å². The molecule has 0 saturated heterocycles. The molecule has 0 fully saturated rings. The van der Waals surface area contributed by atoms with Crippen molar-refractivity contribution < 1.29 is 29.1 Å². The first kappa shape index (κ1) is 8.68. The van der Waals surface area contributed by atoms with Crippen molar-refractivity contribution in [3.05, 3.63) is 35.9 Å². The van der Waals surface area contributed by atoms with Crippen LogP contribution in [0.25, 0.3) is 0 Å². The van der Waals surface area contributed by atoms with E-state index in [1.807, 2.05) is 0 Å². The van der Waals surface area contributed by atoms with Gasteiger partial charge in [0.05, 0.1) is 0 Å². The minimum absolute atomic E-state index is 0. The zero-order chi connectivity index (χ0) is 5.98. The number of hydrogen-bond donors (Lipinski definition) is 0. The number of halogens is 2. The Morgan fingerprint density at radius 2 is 1.56 bits per heavy atom. The van der Waals surface area contributed by atoms with E-state index in [-0.39, 0.29) is 20.3 Å². The van der Waals surface area contributed by atoms with E-state index in [4.69, 9.17) is 0 Å².